The van der Waals surface area contributed by atoms with E-state index in [0.29, 0.717) is 12.2 Å². The Hall–Kier alpha value is -4.00. The van der Waals surface area contributed by atoms with Crippen LogP contribution in [0.2, 0.25) is 0 Å². The number of aromatic amines is 1. The molecule has 0 radical (unpaired) electrons. The van der Waals surface area contributed by atoms with Crippen LogP contribution in [0, 0.1) is 0 Å². The number of aromatic nitrogens is 5. The molecule has 5 aromatic rings. The fourth-order valence-corrected chi connectivity index (χ4v) is 4.21. The first-order valence-corrected chi connectivity index (χ1v) is 10.9. The van der Waals surface area contributed by atoms with Gasteiger partial charge in [0, 0.05) is 46.8 Å². The molecule has 0 saturated carbocycles. The van der Waals surface area contributed by atoms with Gasteiger partial charge in [0.1, 0.15) is 17.1 Å². The van der Waals surface area contributed by atoms with Crippen LogP contribution < -0.4 is 9.47 Å². The number of hydrogen-bond donors (Lipinski definition) is 1. The molecule has 0 bridgehead atoms. The zero-order valence-electron chi connectivity index (χ0n) is 19.1. The normalized spacial score (nSPS) is 11.4. The van der Waals surface area contributed by atoms with Crippen molar-refractivity contribution in [3.63, 3.8) is 0 Å². The van der Waals surface area contributed by atoms with Crippen molar-refractivity contribution in [2.24, 2.45) is 0 Å². The molecule has 0 fully saturated rings. The van der Waals surface area contributed by atoms with Crippen molar-refractivity contribution in [1.29, 1.82) is 0 Å². The molecule has 7 nitrogen and oxygen atoms in total. The number of nitrogens with zero attached hydrogens (tertiary/aromatic N) is 4. The van der Waals surface area contributed by atoms with Gasteiger partial charge in [0.15, 0.2) is 5.82 Å². The maximum Gasteiger partial charge on any atom is 0.163 e. The number of H-pyrrole nitrogens is 1. The number of methoxy groups -OCH3 is 2. The van der Waals surface area contributed by atoms with Crippen LogP contribution in [-0.2, 0) is 6.42 Å². The molecule has 0 spiro atoms. The Kier molecular flexibility index (Phi) is 5.38. The van der Waals surface area contributed by atoms with Crippen LogP contribution in [0.4, 0.5) is 0 Å². The minimum Gasteiger partial charge on any atom is -0.497 e. The average Bonchev–Trinajstić information content (AvgIpc) is 3.23. The van der Waals surface area contributed by atoms with Crippen LogP contribution in [0.25, 0.3) is 33.3 Å². The minimum atomic E-state index is 0.248. The van der Waals surface area contributed by atoms with E-state index in [4.69, 9.17) is 19.4 Å². The minimum absolute atomic E-state index is 0.248. The molecule has 0 aliphatic carbocycles. The molecule has 1 N–H and O–H groups in total. The molecule has 0 amide bonds. The summed E-state index contributed by atoms with van der Waals surface area (Å²) >= 11 is 0. The van der Waals surface area contributed by atoms with E-state index >= 15 is 0 Å². The molecule has 0 atom stereocenters. The molecule has 0 unspecified atom stereocenters. The van der Waals surface area contributed by atoms with Crippen molar-refractivity contribution in [2.75, 3.05) is 14.2 Å². The van der Waals surface area contributed by atoms with Crippen LogP contribution in [0.1, 0.15) is 36.7 Å². The monoisotopic (exact) mass is 439 g/mol. The first-order chi connectivity index (χ1) is 16.1. The van der Waals surface area contributed by atoms with E-state index in [0.717, 1.165) is 56.0 Å². The summed E-state index contributed by atoms with van der Waals surface area (Å²) in [6.07, 6.45) is 6.00. The lowest BCUT2D eigenvalue weighted by Crippen LogP contribution is -2.03. The number of ether oxygens (including phenoxy) is 2. The molecule has 0 aliphatic heterocycles. The SMILES string of the molecule is COc1ccc(Cc2nc(-c3cccnc3C(C)C)nc3[nH]c4cnccc4c23)c(OC)c1. The quantitative estimate of drug-likeness (QED) is 0.386. The summed E-state index contributed by atoms with van der Waals surface area (Å²) in [6, 6.07) is 11.8. The standard InChI is InChI=1S/C26H25N5O2/c1-15(2)24-19(6-5-10-28-24)25-29-20(12-16-7-8-17(32-3)13-22(16)33-4)23-18-9-11-27-14-21(18)30-26(23)31-25/h5-11,13-15H,12H2,1-4H3,(H,29,30,31). The smallest absolute Gasteiger partial charge is 0.163 e. The number of nitrogens with one attached hydrogen (secondary N) is 1. The van der Waals surface area contributed by atoms with E-state index in [9.17, 15) is 0 Å². The molecule has 166 valence electrons. The third-order valence-electron chi connectivity index (χ3n) is 5.81. The van der Waals surface area contributed by atoms with E-state index in [2.05, 4.69) is 28.8 Å². The Morgan fingerprint density at radius 1 is 1.00 bits per heavy atom. The molecule has 4 aromatic heterocycles. The second-order valence-electron chi connectivity index (χ2n) is 8.21. The summed E-state index contributed by atoms with van der Waals surface area (Å²) in [4.78, 5) is 22.3. The molecule has 5 rings (SSSR count). The van der Waals surface area contributed by atoms with Gasteiger partial charge >= 0.3 is 0 Å². The summed E-state index contributed by atoms with van der Waals surface area (Å²) in [5, 5.41) is 2.04. The molecule has 33 heavy (non-hydrogen) atoms. The highest BCUT2D eigenvalue weighted by Crippen LogP contribution is 2.33. The van der Waals surface area contributed by atoms with E-state index in [1.165, 1.54) is 0 Å². The summed E-state index contributed by atoms with van der Waals surface area (Å²) < 4.78 is 11.0. The Morgan fingerprint density at radius 3 is 2.67 bits per heavy atom. The first-order valence-electron chi connectivity index (χ1n) is 10.9. The lowest BCUT2D eigenvalue weighted by atomic mass is 10.0. The van der Waals surface area contributed by atoms with Gasteiger partial charge in [-0.05, 0) is 30.2 Å². The van der Waals surface area contributed by atoms with Crippen molar-refractivity contribution in [2.45, 2.75) is 26.2 Å². The van der Waals surface area contributed by atoms with Gasteiger partial charge in [-0.3, -0.25) is 9.97 Å². The van der Waals surface area contributed by atoms with Crippen LogP contribution >= 0.6 is 0 Å². The summed E-state index contributed by atoms with van der Waals surface area (Å²) in [5.41, 5.74) is 5.55. The second kappa shape index (κ2) is 8.50. The Balaban J connectivity index is 1.75. The van der Waals surface area contributed by atoms with Gasteiger partial charge in [0.25, 0.3) is 0 Å². The Bertz CT molecular complexity index is 1460. The highest BCUT2D eigenvalue weighted by molar-refractivity contribution is 6.07. The number of pyridine rings is 2. The van der Waals surface area contributed by atoms with Crippen molar-refractivity contribution >= 4 is 21.9 Å². The van der Waals surface area contributed by atoms with Crippen molar-refractivity contribution in [3.8, 4) is 22.9 Å². The van der Waals surface area contributed by atoms with Gasteiger partial charge in [-0.15, -0.1) is 0 Å². The van der Waals surface area contributed by atoms with E-state index in [1.54, 1.807) is 20.4 Å². The predicted molar refractivity (Wildman–Crippen MR) is 129 cm³/mol. The first kappa shape index (κ1) is 20.9. The van der Waals surface area contributed by atoms with Gasteiger partial charge in [0.2, 0.25) is 0 Å². The summed E-state index contributed by atoms with van der Waals surface area (Å²) in [6.45, 7) is 4.25. The largest absolute Gasteiger partial charge is 0.497 e. The zero-order valence-corrected chi connectivity index (χ0v) is 19.1. The summed E-state index contributed by atoms with van der Waals surface area (Å²) in [5.74, 6) is 2.41. The highest BCUT2D eigenvalue weighted by atomic mass is 16.5. The second-order valence-corrected chi connectivity index (χ2v) is 8.21. The van der Waals surface area contributed by atoms with Gasteiger partial charge < -0.3 is 14.5 Å². The summed E-state index contributed by atoms with van der Waals surface area (Å²) in [7, 11) is 3.32. The zero-order chi connectivity index (χ0) is 22.9. The average molecular weight is 440 g/mol. The Morgan fingerprint density at radius 2 is 1.88 bits per heavy atom. The Labute approximate surface area is 191 Å². The van der Waals surface area contributed by atoms with Crippen molar-refractivity contribution in [1.82, 2.24) is 24.9 Å². The number of fused-ring (bicyclic) bond motifs is 3. The molecule has 7 heteroatoms. The third kappa shape index (κ3) is 3.75. The maximum absolute atomic E-state index is 5.66. The van der Waals surface area contributed by atoms with Crippen LogP contribution in [0.3, 0.4) is 0 Å². The fourth-order valence-electron chi connectivity index (χ4n) is 4.21. The number of hydrogen-bond acceptors (Lipinski definition) is 6. The van der Waals surface area contributed by atoms with E-state index in [1.807, 2.05) is 48.8 Å². The van der Waals surface area contributed by atoms with E-state index in [-0.39, 0.29) is 5.92 Å². The van der Waals surface area contributed by atoms with Crippen LogP contribution in [-0.4, -0.2) is 39.1 Å². The van der Waals surface area contributed by atoms with Crippen molar-refractivity contribution in [3.05, 3.63) is 71.9 Å². The number of rotatable bonds is 6. The lowest BCUT2D eigenvalue weighted by molar-refractivity contribution is 0.391. The van der Waals surface area contributed by atoms with E-state index < -0.39 is 0 Å². The lowest BCUT2D eigenvalue weighted by Gasteiger charge is -2.13. The molecule has 1 aromatic carbocycles. The molecule has 0 saturated heterocycles. The molecule has 4 heterocycles. The molecular weight excluding hydrogens is 414 g/mol. The number of benzene rings is 1. The van der Waals surface area contributed by atoms with Gasteiger partial charge in [-0.1, -0.05) is 19.9 Å². The molecule has 0 aliphatic rings. The van der Waals surface area contributed by atoms with Crippen LogP contribution in [0.15, 0.2) is 55.0 Å². The van der Waals surface area contributed by atoms with Gasteiger partial charge in [-0.25, -0.2) is 9.97 Å². The van der Waals surface area contributed by atoms with Gasteiger partial charge in [0.05, 0.1) is 37.3 Å². The highest BCUT2D eigenvalue weighted by Gasteiger charge is 2.19. The van der Waals surface area contributed by atoms with Crippen LogP contribution in [0.5, 0.6) is 11.5 Å². The maximum atomic E-state index is 5.66. The predicted octanol–water partition coefficient (Wildman–Crippen LogP) is 5.30. The van der Waals surface area contributed by atoms with Gasteiger partial charge in [-0.2, -0.15) is 0 Å². The fraction of sp³-hybridized carbons (Fsp3) is 0.231. The van der Waals surface area contributed by atoms with Crippen molar-refractivity contribution < 1.29 is 9.47 Å². The topological polar surface area (TPSA) is 85.8 Å². The molecular formula is C26H25N5O2. The third-order valence-corrected chi connectivity index (χ3v) is 5.81.